The van der Waals surface area contributed by atoms with E-state index in [0.29, 0.717) is 0 Å². The summed E-state index contributed by atoms with van der Waals surface area (Å²) in [5.41, 5.74) is 2.28. The molecular formula is C20H25NO4. The summed E-state index contributed by atoms with van der Waals surface area (Å²) in [5, 5.41) is 12.3. The van der Waals surface area contributed by atoms with E-state index in [1.54, 1.807) is 27.9 Å². The van der Waals surface area contributed by atoms with Crippen LogP contribution in [0.1, 0.15) is 32.4 Å². The Balaban J connectivity index is 2.12. The Hall–Kier alpha value is -2.53. The Kier molecular flexibility index (Phi) is 6.04. The molecule has 0 aliphatic carbocycles. The van der Waals surface area contributed by atoms with E-state index in [4.69, 9.17) is 9.47 Å². The van der Waals surface area contributed by atoms with E-state index in [2.05, 4.69) is 5.32 Å². The Morgan fingerprint density at radius 2 is 1.80 bits per heavy atom. The van der Waals surface area contributed by atoms with Crippen LogP contribution < -0.4 is 10.1 Å². The van der Waals surface area contributed by atoms with Gasteiger partial charge in [-0.1, -0.05) is 36.4 Å². The summed E-state index contributed by atoms with van der Waals surface area (Å²) in [6.45, 7) is 5.17. The molecule has 0 bridgehead atoms. The SMILES string of the molecule is COc1cccc(-c2ccc([C@H](CO)NC(=O)OC(C)(C)C)cc2)c1. The fraction of sp³-hybridized carbons (Fsp3) is 0.350. The molecule has 0 fully saturated rings. The summed E-state index contributed by atoms with van der Waals surface area (Å²) in [6, 6.07) is 14.9. The molecule has 0 saturated heterocycles. The van der Waals surface area contributed by atoms with Crippen LogP contribution in [-0.2, 0) is 4.74 Å². The summed E-state index contributed by atoms with van der Waals surface area (Å²) in [7, 11) is 1.64. The maximum Gasteiger partial charge on any atom is 0.408 e. The van der Waals surface area contributed by atoms with E-state index in [-0.39, 0.29) is 6.61 Å². The third-order valence-electron chi connectivity index (χ3n) is 3.59. The number of amides is 1. The number of methoxy groups -OCH3 is 1. The first-order chi connectivity index (χ1) is 11.8. The van der Waals surface area contributed by atoms with Gasteiger partial charge in [-0.15, -0.1) is 0 Å². The van der Waals surface area contributed by atoms with E-state index in [1.165, 1.54) is 0 Å². The first kappa shape index (κ1) is 18.8. The summed E-state index contributed by atoms with van der Waals surface area (Å²) in [6.07, 6.45) is -0.552. The Morgan fingerprint density at radius 1 is 1.12 bits per heavy atom. The van der Waals surface area contributed by atoms with Crippen molar-refractivity contribution in [2.24, 2.45) is 0 Å². The second-order valence-corrected chi connectivity index (χ2v) is 6.74. The number of rotatable bonds is 5. The van der Waals surface area contributed by atoms with Crippen molar-refractivity contribution in [3.05, 3.63) is 54.1 Å². The summed E-state index contributed by atoms with van der Waals surface area (Å²) in [5.74, 6) is 0.793. The predicted octanol–water partition coefficient (Wildman–Crippen LogP) is 3.92. The van der Waals surface area contributed by atoms with Crippen LogP contribution in [0, 0.1) is 0 Å². The topological polar surface area (TPSA) is 67.8 Å². The van der Waals surface area contributed by atoms with Gasteiger partial charge in [0.1, 0.15) is 11.4 Å². The van der Waals surface area contributed by atoms with Gasteiger partial charge in [0.05, 0.1) is 19.8 Å². The van der Waals surface area contributed by atoms with Crippen molar-refractivity contribution in [2.75, 3.05) is 13.7 Å². The van der Waals surface area contributed by atoms with Crippen molar-refractivity contribution in [1.29, 1.82) is 0 Å². The molecule has 1 atom stereocenters. The quantitative estimate of drug-likeness (QED) is 0.863. The standard InChI is InChI=1S/C20H25NO4/c1-20(2,3)25-19(23)21-18(13-22)15-10-8-14(9-11-15)16-6-5-7-17(12-16)24-4/h5-12,18,22H,13H2,1-4H3,(H,21,23)/t18-/m0/s1. The van der Waals surface area contributed by atoms with E-state index in [0.717, 1.165) is 22.4 Å². The van der Waals surface area contributed by atoms with Gasteiger partial charge in [0, 0.05) is 0 Å². The van der Waals surface area contributed by atoms with Crippen LogP contribution in [0.4, 0.5) is 4.79 Å². The van der Waals surface area contributed by atoms with Gasteiger partial charge in [-0.05, 0) is 49.6 Å². The molecule has 1 amide bonds. The van der Waals surface area contributed by atoms with Gasteiger partial charge < -0.3 is 19.9 Å². The second-order valence-electron chi connectivity index (χ2n) is 6.74. The molecule has 5 heteroatoms. The van der Waals surface area contributed by atoms with Crippen molar-refractivity contribution in [1.82, 2.24) is 5.32 Å². The van der Waals surface area contributed by atoms with Crippen LogP contribution in [0.3, 0.4) is 0 Å². The lowest BCUT2D eigenvalue weighted by atomic mass is 10.0. The van der Waals surface area contributed by atoms with E-state index >= 15 is 0 Å². The molecule has 5 nitrogen and oxygen atoms in total. The van der Waals surface area contributed by atoms with Crippen molar-refractivity contribution in [2.45, 2.75) is 32.4 Å². The molecule has 2 aromatic rings. The molecule has 0 aromatic heterocycles. The number of aliphatic hydroxyl groups excluding tert-OH is 1. The van der Waals surface area contributed by atoms with Crippen LogP contribution >= 0.6 is 0 Å². The number of carbonyl (C=O) groups is 1. The van der Waals surface area contributed by atoms with Gasteiger partial charge in [0.25, 0.3) is 0 Å². The van der Waals surface area contributed by atoms with Crippen molar-refractivity contribution in [3.63, 3.8) is 0 Å². The average Bonchev–Trinajstić information content (AvgIpc) is 2.58. The minimum Gasteiger partial charge on any atom is -0.497 e. The molecule has 134 valence electrons. The van der Waals surface area contributed by atoms with Gasteiger partial charge in [-0.3, -0.25) is 0 Å². The minimum atomic E-state index is -0.583. The lowest BCUT2D eigenvalue weighted by molar-refractivity contribution is 0.0482. The van der Waals surface area contributed by atoms with Crippen molar-refractivity contribution >= 4 is 6.09 Å². The molecule has 0 spiro atoms. The van der Waals surface area contributed by atoms with Crippen LogP contribution in [0.15, 0.2) is 48.5 Å². The highest BCUT2D eigenvalue weighted by Crippen LogP contribution is 2.25. The molecule has 2 N–H and O–H groups in total. The fourth-order valence-electron chi connectivity index (χ4n) is 2.39. The van der Waals surface area contributed by atoms with Gasteiger partial charge >= 0.3 is 6.09 Å². The number of hydrogen-bond acceptors (Lipinski definition) is 4. The maximum absolute atomic E-state index is 11.9. The third kappa shape index (κ3) is 5.50. The molecule has 0 radical (unpaired) electrons. The molecule has 2 aromatic carbocycles. The molecule has 0 heterocycles. The van der Waals surface area contributed by atoms with E-state index in [1.807, 2.05) is 48.5 Å². The van der Waals surface area contributed by atoms with Crippen LogP contribution in [0.2, 0.25) is 0 Å². The van der Waals surface area contributed by atoms with Crippen molar-refractivity contribution in [3.8, 4) is 16.9 Å². The number of aliphatic hydroxyl groups is 1. The first-order valence-corrected chi connectivity index (χ1v) is 8.17. The molecule has 2 rings (SSSR count). The fourth-order valence-corrected chi connectivity index (χ4v) is 2.39. The van der Waals surface area contributed by atoms with Crippen LogP contribution in [-0.4, -0.2) is 30.5 Å². The molecule has 25 heavy (non-hydrogen) atoms. The van der Waals surface area contributed by atoms with Crippen molar-refractivity contribution < 1.29 is 19.4 Å². The summed E-state index contributed by atoms with van der Waals surface area (Å²) >= 11 is 0. The first-order valence-electron chi connectivity index (χ1n) is 8.17. The number of alkyl carbamates (subject to hydrolysis) is 1. The number of carbonyl (C=O) groups excluding carboxylic acids is 1. The lowest BCUT2D eigenvalue weighted by Gasteiger charge is -2.23. The van der Waals surface area contributed by atoms with Gasteiger partial charge in [-0.25, -0.2) is 4.79 Å². The second kappa shape index (κ2) is 8.03. The van der Waals surface area contributed by atoms with Crippen LogP contribution in [0.25, 0.3) is 11.1 Å². The third-order valence-corrected chi connectivity index (χ3v) is 3.59. The monoisotopic (exact) mass is 343 g/mol. The maximum atomic E-state index is 11.9. The molecule has 0 aliphatic heterocycles. The number of nitrogens with one attached hydrogen (secondary N) is 1. The summed E-state index contributed by atoms with van der Waals surface area (Å²) < 4.78 is 10.5. The smallest absolute Gasteiger partial charge is 0.408 e. The lowest BCUT2D eigenvalue weighted by Crippen LogP contribution is -2.36. The highest BCUT2D eigenvalue weighted by atomic mass is 16.6. The number of ether oxygens (including phenoxy) is 2. The minimum absolute atomic E-state index is 0.211. The largest absolute Gasteiger partial charge is 0.497 e. The highest BCUT2D eigenvalue weighted by molar-refractivity contribution is 5.69. The highest BCUT2D eigenvalue weighted by Gasteiger charge is 2.20. The molecule has 0 saturated carbocycles. The normalized spacial score (nSPS) is 12.4. The Morgan fingerprint density at radius 3 is 2.36 bits per heavy atom. The number of hydrogen-bond donors (Lipinski definition) is 2. The summed E-state index contributed by atoms with van der Waals surface area (Å²) in [4.78, 5) is 11.9. The average molecular weight is 343 g/mol. The van der Waals surface area contributed by atoms with E-state index < -0.39 is 17.7 Å². The number of benzene rings is 2. The predicted molar refractivity (Wildman–Crippen MR) is 97.6 cm³/mol. The van der Waals surface area contributed by atoms with E-state index in [9.17, 15) is 9.90 Å². The molecule has 0 unspecified atom stereocenters. The Labute approximate surface area is 148 Å². The Bertz CT molecular complexity index is 704. The zero-order chi connectivity index (χ0) is 18.4. The van der Waals surface area contributed by atoms with Gasteiger partial charge in [-0.2, -0.15) is 0 Å². The zero-order valence-electron chi connectivity index (χ0n) is 15.1. The molecular weight excluding hydrogens is 318 g/mol. The van der Waals surface area contributed by atoms with Gasteiger partial charge in [0.2, 0.25) is 0 Å². The zero-order valence-corrected chi connectivity index (χ0v) is 15.1. The van der Waals surface area contributed by atoms with Gasteiger partial charge in [0.15, 0.2) is 0 Å². The van der Waals surface area contributed by atoms with Crippen LogP contribution in [0.5, 0.6) is 5.75 Å². The molecule has 0 aliphatic rings.